The van der Waals surface area contributed by atoms with Gasteiger partial charge >= 0.3 is 0 Å². The smallest absolute Gasteiger partial charge is 0.227 e. The summed E-state index contributed by atoms with van der Waals surface area (Å²) in [6.45, 7) is 5.36. The van der Waals surface area contributed by atoms with Crippen molar-refractivity contribution in [2.45, 2.75) is 39.5 Å². The van der Waals surface area contributed by atoms with Crippen LogP contribution in [0.4, 0.5) is 5.69 Å². The molecule has 4 nitrogen and oxygen atoms in total. The van der Waals surface area contributed by atoms with Gasteiger partial charge in [0.1, 0.15) is 0 Å². The standard InChI is InChI=1S/C18H24Cl2N2O2/c1-3-12(4-2)18(24)22-9-7-13(8-10-22)17(23)21-16-11-14(19)5-6-15(16)20/h5-6,11-13H,3-4,7-10H2,1-2H3,(H,21,23). The van der Waals surface area contributed by atoms with Crippen molar-refractivity contribution in [2.75, 3.05) is 18.4 Å². The number of likely N-dealkylation sites (tertiary alicyclic amines) is 1. The first-order chi connectivity index (χ1) is 11.5. The van der Waals surface area contributed by atoms with Gasteiger partial charge in [0.25, 0.3) is 0 Å². The normalized spacial score (nSPS) is 15.6. The van der Waals surface area contributed by atoms with Gasteiger partial charge in [-0.3, -0.25) is 9.59 Å². The second-order valence-electron chi connectivity index (χ2n) is 6.23. The number of nitrogens with one attached hydrogen (secondary N) is 1. The van der Waals surface area contributed by atoms with Gasteiger partial charge in [0, 0.05) is 29.9 Å². The quantitative estimate of drug-likeness (QED) is 0.822. The minimum atomic E-state index is -0.106. The molecule has 1 aliphatic heterocycles. The second kappa shape index (κ2) is 8.72. The molecule has 1 aromatic carbocycles. The van der Waals surface area contributed by atoms with Crippen molar-refractivity contribution in [2.24, 2.45) is 11.8 Å². The van der Waals surface area contributed by atoms with E-state index in [1.807, 2.05) is 18.7 Å². The molecule has 0 spiro atoms. The van der Waals surface area contributed by atoms with Crippen molar-refractivity contribution in [3.05, 3.63) is 28.2 Å². The van der Waals surface area contributed by atoms with Crippen molar-refractivity contribution < 1.29 is 9.59 Å². The Morgan fingerprint density at radius 1 is 1.21 bits per heavy atom. The lowest BCUT2D eigenvalue weighted by molar-refractivity contribution is -0.138. The molecule has 1 fully saturated rings. The van der Waals surface area contributed by atoms with E-state index < -0.39 is 0 Å². The van der Waals surface area contributed by atoms with Gasteiger partial charge in [-0.15, -0.1) is 0 Å². The molecule has 24 heavy (non-hydrogen) atoms. The Hall–Kier alpha value is -1.26. The lowest BCUT2D eigenvalue weighted by Crippen LogP contribution is -2.43. The van der Waals surface area contributed by atoms with Crippen LogP contribution in [0.15, 0.2) is 18.2 Å². The van der Waals surface area contributed by atoms with Gasteiger partial charge < -0.3 is 10.2 Å². The Balaban J connectivity index is 1.91. The molecular weight excluding hydrogens is 347 g/mol. The number of halogens is 2. The summed E-state index contributed by atoms with van der Waals surface area (Å²) in [4.78, 5) is 26.7. The summed E-state index contributed by atoms with van der Waals surface area (Å²) in [6.07, 6.45) is 3.08. The van der Waals surface area contributed by atoms with Crippen LogP contribution < -0.4 is 5.32 Å². The minimum Gasteiger partial charge on any atom is -0.342 e. The van der Waals surface area contributed by atoms with E-state index in [0.717, 1.165) is 12.8 Å². The van der Waals surface area contributed by atoms with Gasteiger partial charge in [-0.25, -0.2) is 0 Å². The number of rotatable bonds is 5. The molecule has 1 aromatic rings. The van der Waals surface area contributed by atoms with Gasteiger partial charge in [-0.1, -0.05) is 37.0 Å². The molecule has 6 heteroatoms. The van der Waals surface area contributed by atoms with Crippen LogP contribution in [0, 0.1) is 11.8 Å². The van der Waals surface area contributed by atoms with E-state index in [2.05, 4.69) is 5.32 Å². The van der Waals surface area contributed by atoms with E-state index in [-0.39, 0.29) is 23.7 Å². The summed E-state index contributed by atoms with van der Waals surface area (Å²) in [5, 5.41) is 3.85. The van der Waals surface area contributed by atoms with Gasteiger partial charge in [0.05, 0.1) is 10.7 Å². The van der Waals surface area contributed by atoms with Crippen LogP contribution in [-0.2, 0) is 9.59 Å². The molecule has 1 N–H and O–H groups in total. The Labute approximate surface area is 153 Å². The first kappa shape index (κ1) is 19.1. The van der Waals surface area contributed by atoms with Crippen molar-refractivity contribution in [1.29, 1.82) is 0 Å². The molecule has 0 aliphatic carbocycles. The van der Waals surface area contributed by atoms with Crippen molar-refractivity contribution in [3.63, 3.8) is 0 Å². The van der Waals surface area contributed by atoms with E-state index in [1.54, 1.807) is 18.2 Å². The van der Waals surface area contributed by atoms with E-state index in [1.165, 1.54) is 0 Å². The highest BCUT2D eigenvalue weighted by atomic mass is 35.5. The van der Waals surface area contributed by atoms with E-state index in [4.69, 9.17) is 23.2 Å². The largest absolute Gasteiger partial charge is 0.342 e. The molecule has 1 saturated heterocycles. The van der Waals surface area contributed by atoms with E-state index >= 15 is 0 Å². The number of hydrogen-bond donors (Lipinski definition) is 1. The number of carbonyl (C=O) groups is 2. The minimum absolute atomic E-state index is 0.0613. The van der Waals surface area contributed by atoms with Crippen molar-refractivity contribution in [1.82, 2.24) is 4.90 Å². The SMILES string of the molecule is CCC(CC)C(=O)N1CCC(C(=O)Nc2cc(Cl)ccc2Cl)CC1. The summed E-state index contributed by atoms with van der Waals surface area (Å²) >= 11 is 12.0. The van der Waals surface area contributed by atoms with Crippen molar-refractivity contribution in [3.8, 4) is 0 Å². The number of amides is 2. The average Bonchev–Trinajstić information content (AvgIpc) is 2.59. The topological polar surface area (TPSA) is 49.4 Å². The zero-order valence-corrected chi connectivity index (χ0v) is 15.7. The van der Waals surface area contributed by atoms with E-state index in [0.29, 0.717) is 41.7 Å². The second-order valence-corrected chi connectivity index (χ2v) is 7.07. The fourth-order valence-electron chi connectivity index (χ4n) is 3.09. The maximum Gasteiger partial charge on any atom is 0.227 e. The fraction of sp³-hybridized carbons (Fsp3) is 0.556. The van der Waals surface area contributed by atoms with Gasteiger partial charge in [0.2, 0.25) is 11.8 Å². The van der Waals surface area contributed by atoms with Gasteiger partial charge in [0.15, 0.2) is 0 Å². The van der Waals surface area contributed by atoms with E-state index in [9.17, 15) is 9.59 Å². The summed E-state index contributed by atoms with van der Waals surface area (Å²) in [6, 6.07) is 4.99. The number of benzene rings is 1. The number of piperidine rings is 1. The highest BCUT2D eigenvalue weighted by molar-refractivity contribution is 6.35. The Bertz CT molecular complexity index is 595. The monoisotopic (exact) mass is 370 g/mol. The third-order valence-corrected chi connectivity index (χ3v) is 5.26. The maximum absolute atomic E-state index is 12.4. The summed E-state index contributed by atoms with van der Waals surface area (Å²) in [5.41, 5.74) is 0.532. The lowest BCUT2D eigenvalue weighted by Gasteiger charge is -2.33. The molecular formula is C18H24Cl2N2O2. The molecule has 2 rings (SSSR count). The van der Waals surface area contributed by atoms with Gasteiger partial charge in [-0.05, 0) is 43.9 Å². The van der Waals surface area contributed by atoms with Crippen LogP contribution in [0.1, 0.15) is 39.5 Å². The number of hydrogen-bond acceptors (Lipinski definition) is 2. The maximum atomic E-state index is 12.4. The molecule has 0 unspecified atom stereocenters. The van der Waals surface area contributed by atoms with Crippen LogP contribution >= 0.6 is 23.2 Å². The first-order valence-electron chi connectivity index (χ1n) is 8.50. The average molecular weight is 371 g/mol. The highest BCUT2D eigenvalue weighted by Crippen LogP contribution is 2.27. The Kier molecular flexibility index (Phi) is 6.93. The molecule has 0 saturated carbocycles. The third kappa shape index (κ3) is 4.64. The fourth-order valence-corrected chi connectivity index (χ4v) is 3.42. The van der Waals surface area contributed by atoms with Crippen LogP contribution in [-0.4, -0.2) is 29.8 Å². The van der Waals surface area contributed by atoms with Gasteiger partial charge in [-0.2, -0.15) is 0 Å². The molecule has 0 aromatic heterocycles. The Morgan fingerprint density at radius 3 is 2.42 bits per heavy atom. The molecule has 1 aliphatic rings. The molecule has 0 radical (unpaired) electrons. The van der Waals surface area contributed by atoms with Crippen LogP contribution in [0.2, 0.25) is 10.0 Å². The van der Waals surface area contributed by atoms with Crippen LogP contribution in [0.5, 0.6) is 0 Å². The lowest BCUT2D eigenvalue weighted by atomic mass is 9.93. The summed E-state index contributed by atoms with van der Waals surface area (Å²) < 4.78 is 0. The number of nitrogens with zero attached hydrogens (tertiary/aromatic N) is 1. The molecule has 2 amide bonds. The van der Waals surface area contributed by atoms with Crippen LogP contribution in [0.25, 0.3) is 0 Å². The molecule has 0 bridgehead atoms. The first-order valence-corrected chi connectivity index (χ1v) is 9.26. The third-order valence-electron chi connectivity index (χ3n) is 4.70. The zero-order chi connectivity index (χ0) is 17.7. The number of anilines is 1. The summed E-state index contributed by atoms with van der Waals surface area (Å²) in [7, 11) is 0. The number of carbonyl (C=O) groups excluding carboxylic acids is 2. The molecule has 1 heterocycles. The van der Waals surface area contributed by atoms with Crippen LogP contribution in [0.3, 0.4) is 0 Å². The molecule has 132 valence electrons. The predicted octanol–water partition coefficient (Wildman–Crippen LogP) is 4.61. The zero-order valence-electron chi connectivity index (χ0n) is 14.1. The van der Waals surface area contributed by atoms with Crippen molar-refractivity contribution >= 4 is 40.7 Å². The molecule has 0 atom stereocenters. The summed E-state index contributed by atoms with van der Waals surface area (Å²) in [5.74, 6) is 0.150. The predicted molar refractivity (Wildman–Crippen MR) is 98.5 cm³/mol. The highest BCUT2D eigenvalue weighted by Gasteiger charge is 2.29. The Morgan fingerprint density at radius 2 is 1.83 bits per heavy atom.